The normalized spacial score (nSPS) is 12.0. The highest BCUT2D eigenvalue weighted by Gasteiger charge is 2.17. The number of benzene rings is 1. The van der Waals surface area contributed by atoms with Gasteiger partial charge in [-0.15, -0.1) is 0 Å². The maximum Gasteiger partial charge on any atom is 0.347 e. The van der Waals surface area contributed by atoms with Gasteiger partial charge in [0, 0.05) is 6.07 Å². The smallest absolute Gasteiger partial charge is 0.347 e. The van der Waals surface area contributed by atoms with Crippen molar-refractivity contribution >= 4 is 21.9 Å². The van der Waals surface area contributed by atoms with Gasteiger partial charge in [-0.25, -0.2) is 9.18 Å². The zero-order chi connectivity index (χ0) is 12.1. The van der Waals surface area contributed by atoms with Gasteiger partial charge in [-0.1, -0.05) is 0 Å². The van der Waals surface area contributed by atoms with Gasteiger partial charge >= 0.3 is 5.97 Å². The van der Waals surface area contributed by atoms with Gasteiger partial charge in [-0.3, -0.25) is 0 Å². The predicted molar refractivity (Wildman–Crippen MR) is 60.8 cm³/mol. The molecule has 0 aliphatic heterocycles. The molecule has 0 bridgehead atoms. The molecule has 5 heteroatoms. The molecule has 0 saturated carbocycles. The third kappa shape index (κ3) is 3.48. The number of halogens is 2. The van der Waals surface area contributed by atoms with Crippen molar-refractivity contribution in [2.24, 2.45) is 0 Å². The van der Waals surface area contributed by atoms with E-state index in [9.17, 15) is 9.18 Å². The Morgan fingerprint density at radius 3 is 2.88 bits per heavy atom. The van der Waals surface area contributed by atoms with Crippen LogP contribution in [-0.4, -0.2) is 18.7 Å². The van der Waals surface area contributed by atoms with E-state index in [4.69, 9.17) is 9.47 Å². The molecule has 0 fully saturated rings. The Morgan fingerprint density at radius 2 is 2.25 bits per heavy atom. The van der Waals surface area contributed by atoms with Gasteiger partial charge in [-0.05, 0) is 41.9 Å². The van der Waals surface area contributed by atoms with Gasteiger partial charge in [0.25, 0.3) is 0 Å². The van der Waals surface area contributed by atoms with E-state index >= 15 is 0 Å². The van der Waals surface area contributed by atoms with Crippen molar-refractivity contribution in [1.82, 2.24) is 0 Å². The first-order chi connectivity index (χ1) is 7.54. The fraction of sp³-hybridized carbons (Fsp3) is 0.364. The molecule has 16 heavy (non-hydrogen) atoms. The molecule has 0 aromatic heterocycles. The van der Waals surface area contributed by atoms with E-state index in [1.165, 1.54) is 18.2 Å². The second-order valence-electron chi connectivity index (χ2n) is 3.09. The molecule has 0 aliphatic carbocycles. The summed E-state index contributed by atoms with van der Waals surface area (Å²) in [4.78, 5) is 11.3. The van der Waals surface area contributed by atoms with Crippen LogP contribution in [0.25, 0.3) is 0 Å². The molecule has 0 saturated heterocycles. The molecule has 0 amide bonds. The van der Waals surface area contributed by atoms with E-state index in [-0.39, 0.29) is 12.4 Å². The zero-order valence-electron chi connectivity index (χ0n) is 9.00. The highest BCUT2D eigenvalue weighted by atomic mass is 79.9. The minimum Gasteiger partial charge on any atom is -0.478 e. The summed E-state index contributed by atoms with van der Waals surface area (Å²) in [6.45, 7) is 3.55. The second-order valence-corrected chi connectivity index (χ2v) is 3.94. The van der Waals surface area contributed by atoms with E-state index in [0.717, 1.165) is 0 Å². The lowest BCUT2D eigenvalue weighted by atomic mass is 10.3. The summed E-state index contributed by atoms with van der Waals surface area (Å²) in [5.74, 6) is -0.617. The van der Waals surface area contributed by atoms with Crippen LogP contribution in [0.1, 0.15) is 13.8 Å². The van der Waals surface area contributed by atoms with Crippen LogP contribution in [0.3, 0.4) is 0 Å². The maximum absolute atomic E-state index is 12.9. The molecular formula is C11H12BrFO3. The van der Waals surface area contributed by atoms with Crippen molar-refractivity contribution in [2.75, 3.05) is 6.61 Å². The van der Waals surface area contributed by atoms with Gasteiger partial charge in [0.2, 0.25) is 0 Å². The fourth-order valence-electron chi connectivity index (χ4n) is 1.07. The van der Waals surface area contributed by atoms with E-state index in [1.807, 2.05) is 0 Å². The maximum atomic E-state index is 12.9. The Bertz CT molecular complexity index is 381. The average molecular weight is 291 g/mol. The number of carbonyl (C=O) groups is 1. The number of hydrogen-bond acceptors (Lipinski definition) is 3. The molecule has 1 atom stereocenters. The molecule has 0 radical (unpaired) electrons. The standard InChI is InChI=1S/C11H12BrFO3/c1-3-15-11(14)7(2)16-10-6-8(13)4-5-9(10)12/h4-7H,3H2,1-2H3/t7-/m1/s1. The number of ether oxygens (including phenoxy) is 2. The predicted octanol–water partition coefficient (Wildman–Crippen LogP) is 2.92. The molecule has 0 N–H and O–H groups in total. The van der Waals surface area contributed by atoms with Crippen LogP contribution in [0.15, 0.2) is 22.7 Å². The first-order valence-electron chi connectivity index (χ1n) is 4.83. The minimum absolute atomic E-state index is 0.278. The third-order valence-corrected chi connectivity index (χ3v) is 2.47. The van der Waals surface area contributed by atoms with Crippen molar-refractivity contribution < 1.29 is 18.7 Å². The average Bonchev–Trinajstić information content (AvgIpc) is 2.23. The summed E-state index contributed by atoms with van der Waals surface area (Å²) in [5, 5.41) is 0. The third-order valence-electron chi connectivity index (χ3n) is 1.82. The lowest BCUT2D eigenvalue weighted by Gasteiger charge is -2.14. The molecule has 0 heterocycles. The summed E-state index contributed by atoms with van der Waals surface area (Å²) < 4.78 is 23.6. The minimum atomic E-state index is -0.766. The molecule has 3 nitrogen and oxygen atoms in total. The zero-order valence-corrected chi connectivity index (χ0v) is 10.6. The molecule has 88 valence electrons. The van der Waals surface area contributed by atoms with Crippen LogP contribution in [0, 0.1) is 5.82 Å². The second kappa shape index (κ2) is 5.84. The lowest BCUT2D eigenvalue weighted by molar-refractivity contribution is -0.150. The highest BCUT2D eigenvalue weighted by molar-refractivity contribution is 9.10. The van der Waals surface area contributed by atoms with Crippen LogP contribution < -0.4 is 4.74 Å². The molecular weight excluding hydrogens is 279 g/mol. The Balaban J connectivity index is 2.72. The molecule has 1 aromatic rings. The number of esters is 1. The molecule has 0 unspecified atom stereocenters. The molecule has 1 aromatic carbocycles. The Hall–Kier alpha value is -1.10. The monoisotopic (exact) mass is 290 g/mol. The summed E-state index contributed by atoms with van der Waals surface area (Å²) in [5.41, 5.74) is 0. The van der Waals surface area contributed by atoms with Crippen LogP contribution >= 0.6 is 15.9 Å². The first kappa shape index (κ1) is 13.0. The van der Waals surface area contributed by atoms with Gasteiger partial charge in [0.15, 0.2) is 6.10 Å². The van der Waals surface area contributed by atoms with Gasteiger partial charge < -0.3 is 9.47 Å². The Morgan fingerprint density at radius 1 is 1.56 bits per heavy atom. The van der Waals surface area contributed by atoms with E-state index in [0.29, 0.717) is 4.47 Å². The topological polar surface area (TPSA) is 35.5 Å². The summed E-state index contributed by atoms with van der Waals surface area (Å²) in [6, 6.07) is 4.02. The quantitative estimate of drug-likeness (QED) is 0.800. The van der Waals surface area contributed by atoms with E-state index in [1.54, 1.807) is 13.8 Å². The Labute approximate surface area is 102 Å². The van der Waals surface area contributed by atoms with Crippen LogP contribution in [0.5, 0.6) is 5.75 Å². The van der Waals surface area contributed by atoms with Crippen molar-refractivity contribution in [1.29, 1.82) is 0 Å². The summed E-state index contributed by atoms with van der Waals surface area (Å²) in [7, 11) is 0. The molecule has 0 aliphatic rings. The van der Waals surface area contributed by atoms with Crippen molar-refractivity contribution in [3.05, 3.63) is 28.5 Å². The van der Waals surface area contributed by atoms with Crippen LogP contribution in [0.4, 0.5) is 4.39 Å². The molecule has 1 rings (SSSR count). The van der Waals surface area contributed by atoms with Crippen LogP contribution in [-0.2, 0) is 9.53 Å². The Kier molecular flexibility index (Phi) is 4.73. The lowest BCUT2D eigenvalue weighted by Crippen LogP contribution is -2.26. The molecule has 0 spiro atoms. The van der Waals surface area contributed by atoms with Crippen molar-refractivity contribution in [2.45, 2.75) is 20.0 Å². The van der Waals surface area contributed by atoms with Crippen LogP contribution in [0.2, 0.25) is 0 Å². The number of rotatable bonds is 4. The summed E-state index contributed by atoms with van der Waals surface area (Å²) >= 11 is 3.20. The number of carbonyl (C=O) groups excluding carboxylic acids is 1. The largest absolute Gasteiger partial charge is 0.478 e. The van der Waals surface area contributed by atoms with Crippen molar-refractivity contribution in [3.8, 4) is 5.75 Å². The van der Waals surface area contributed by atoms with Gasteiger partial charge in [-0.2, -0.15) is 0 Å². The van der Waals surface area contributed by atoms with Gasteiger partial charge in [0.05, 0.1) is 11.1 Å². The first-order valence-corrected chi connectivity index (χ1v) is 5.62. The van der Waals surface area contributed by atoms with E-state index < -0.39 is 17.9 Å². The number of hydrogen-bond donors (Lipinski definition) is 0. The fourth-order valence-corrected chi connectivity index (χ4v) is 1.41. The SMILES string of the molecule is CCOC(=O)[C@@H](C)Oc1cc(F)ccc1Br. The summed E-state index contributed by atoms with van der Waals surface area (Å²) in [6.07, 6.45) is -0.766. The van der Waals surface area contributed by atoms with Crippen molar-refractivity contribution in [3.63, 3.8) is 0 Å². The van der Waals surface area contributed by atoms with Gasteiger partial charge in [0.1, 0.15) is 11.6 Å². The van der Waals surface area contributed by atoms with E-state index in [2.05, 4.69) is 15.9 Å². The highest BCUT2D eigenvalue weighted by Crippen LogP contribution is 2.26.